The lowest BCUT2D eigenvalue weighted by atomic mass is 10.2. The van der Waals surface area contributed by atoms with Gasteiger partial charge in [0.1, 0.15) is 10.1 Å². The van der Waals surface area contributed by atoms with Crippen molar-refractivity contribution in [1.29, 1.82) is 0 Å². The van der Waals surface area contributed by atoms with Gasteiger partial charge in [-0.1, -0.05) is 41.7 Å². The Morgan fingerprint density at radius 3 is 2.67 bits per heavy atom. The second kappa shape index (κ2) is 7.60. The molecular weight excluding hydrogens is 364 g/mol. The minimum Gasteiger partial charge on any atom is -0.493 e. The molecule has 0 aliphatic carbocycles. The van der Waals surface area contributed by atoms with Crippen LogP contribution in [0.2, 0.25) is 0 Å². The summed E-state index contributed by atoms with van der Waals surface area (Å²) in [6, 6.07) is 14.2. The van der Waals surface area contributed by atoms with E-state index in [2.05, 4.69) is 11.1 Å². The van der Waals surface area contributed by atoms with E-state index in [1.165, 1.54) is 17.7 Å². The second-order valence-corrected chi connectivity index (χ2v) is 8.88. The molecule has 2 N–H and O–H groups in total. The number of sulfonamides is 1. The maximum absolute atomic E-state index is 11.2. The lowest BCUT2D eigenvalue weighted by molar-refractivity contribution is 0.344. The molecule has 1 aliphatic heterocycles. The molecule has 1 heterocycles. The third-order valence-electron chi connectivity index (χ3n) is 3.28. The van der Waals surface area contributed by atoms with Crippen LogP contribution in [0.5, 0.6) is 5.75 Å². The van der Waals surface area contributed by atoms with Gasteiger partial charge in [-0.15, -0.1) is 0 Å². The molecule has 24 heavy (non-hydrogen) atoms. The van der Waals surface area contributed by atoms with E-state index in [0.717, 1.165) is 21.6 Å². The number of benzene rings is 2. The van der Waals surface area contributed by atoms with Gasteiger partial charge < -0.3 is 4.74 Å². The number of aliphatic imine (C=N–C) groups is 1. The third kappa shape index (κ3) is 4.54. The lowest BCUT2D eigenvalue weighted by Gasteiger charge is -2.14. The van der Waals surface area contributed by atoms with E-state index in [-0.39, 0.29) is 4.90 Å². The van der Waals surface area contributed by atoms with Gasteiger partial charge >= 0.3 is 0 Å². The van der Waals surface area contributed by atoms with Crippen molar-refractivity contribution >= 4 is 43.6 Å². The van der Waals surface area contributed by atoms with Crippen LogP contribution in [0.15, 0.2) is 58.4 Å². The molecule has 0 bridgehead atoms. The zero-order chi connectivity index (χ0) is 17.0. The van der Waals surface area contributed by atoms with Crippen molar-refractivity contribution < 1.29 is 13.2 Å². The fourth-order valence-corrected chi connectivity index (χ4v) is 4.57. The van der Waals surface area contributed by atoms with Crippen molar-refractivity contribution in [2.45, 2.75) is 10.6 Å². The minimum absolute atomic E-state index is 0.0795. The highest BCUT2D eigenvalue weighted by atomic mass is 32.2. The van der Waals surface area contributed by atoms with Crippen LogP contribution in [-0.2, 0) is 15.8 Å². The van der Waals surface area contributed by atoms with E-state index in [4.69, 9.17) is 9.88 Å². The fourth-order valence-electron chi connectivity index (χ4n) is 2.10. The van der Waals surface area contributed by atoms with Gasteiger partial charge in [0, 0.05) is 11.5 Å². The fraction of sp³-hybridized carbons (Fsp3) is 0.188. The van der Waals surface area contributed by atoms with Crippen LogP contribution in [0.3, 0.4) is 0 Å². The summed E-state index contributed by atoms with van der Waals surface area (Å²) < 4.78 is 29.0. The number of thioether (sulfide) groups is 2. The van der Waals surface area contributed by atoms with Gasteiger partial charge in [-0.05, 0) is 35.9 Å². The van der Waals surface area contributed by atoms with Gasteiger partial charge in [0.15, 0.2) is 0 Å². The zero-order valence-electron chi connectivity index (χ0n) is 12.7. The Morgan fingerprint density at radius 2 is 1.92 bits per heavy atom. The van der Waals surface area contributed by atoms with Crippen LogP contribution in [0.25, 0.3) is 0 Å². The summed E-state index contributed by atoms with van der Waals surface area (Å²) in [5.41, 5.74) is 2.30. The van der Waals surface area contributed by atoms with E-state index >= 15 is 0 Å². The minimum atomic E-state index is -3.66. The number of hydrogen-bond donors (Lipinski definition) is 1. The van der Waals surface area contributed by atoms with Gasteiger partial charge in [-0.3, -0.25) is 0 Å². The van der Waals surface area contributed by atoms with Gasteiger partial charge in [-0.25, -0.2) is 18.5 Å². The average molecular weight is 381 g/mol. The molecule has 0 saturated heterocycles. The van der Waals surface area contributed by atoms with Crippen molar-refractivity contribution in [2.24, 2.45) is 10.1 Å². The quantitative estimate of drug-likeness (QED) is 0.804. The largest absolute Gasteiger partial charge is 0.493 e. The van der Waals surface area contributed by atoms with Gasteiger partial charge in [0.05, 0.1) is 17.2 Å². The van der Waals surface area contributed by atoms with Crippen molar-refractivity contribution in [3.05, 3.63) is 54.1 Å². The molecule has 0 spiro atoms. The van der Waals surface area contributed by atoms with Gasteiger partial charge in [0.2, 0.25) is 10.0 Å². The van der Waals surface area contributed by atoms with Crippen molar-refractivity contribution in [3.63, 3.8) is 0 Å². The Hall–Kier alpha value is -1.48. The van der Waals surface area contributed by atoms with Crippen molar-refractivity contribution in [1.82, 2.24) is 0 Å². The molecule has 0 fully saturated rings. The molecule has 5 nitrogen and oxygen atoms in total. The van der Waals surface area contributed by atoms with E-state index in [1.54, 1.807) is 35.7 Å². The van der Waals surface area contributed by atoms with Crippen LogP contribution in [0.4, 0.5) is 5.69 Å². The summed E-state index contributed by atoms with van der Waals surface area (Å²) in [7, 11) is -3.66. The Balaban J connectivity index is 1.49. The lowest BCUT2D eigenvalue weighted by Crippen LogP contribution is -2.11. The number of rotatable bonds is 5. The molecule has 0 saturated carbocycles. The monoisotopic (exact) mass is 380 g/mol. The molecule has 1 aliphatic rings. The summed E-state index contributed by atoms with van der Waals surface area (Å²) in [5, 5.41) is 5.06. The first-order valence-corrected chi connectivity index (χ1v) is 10.7. The first-order valence-electron chi connectivity index (χ1n) is 7.20. The standard InChI is InChI=1S/C16H16N2O3S3/c17-24(19,20)14-7-5-13(6-8-14)21-9-10-22-16-18-15-4-2-1-3-12(15)11-23-16/h1-8H,9-11H2,(H2,17,19,20). The second-order valence-electron chi connectivity index (χ2n) is 5.01. The molecule has 0 unspecified atom stereocenters. The molecule has 0 aromatic heterocycles. The number of ether oxygens (including phenoxy) is 1. The van der Waals surface area contributed by atoms with Gasteiger partial charge in [-0.2, -0.15) is 0 Å². The highest BCUT2D eigenvalue weighted by Gasteiger charge is 2.12. The molecule has 0 radical (unpaired) electrons. The Kier molecular flexibility index (Phi) is 5.50. The Bertz CT molecular complexity index is 849. The smallest absolute Gasteiger partial charge is 0.238 e. The van der Waals surface area contributed by atoms with Crippen molar-refractivity contribution in [2.75, 3.05) is 12.4 Å². The molecule has 8 heteroatoms. The molecule has 0 atom stereocenters. The van der Waals surface area contributed by atoms with Crippen molar-refractivity contribution in [3.8, 4) is 5.75 Å². The summed E-state index contributed by atoms with van der Waals surface area (Å²) >= 11 is 3.39. The Labute approximate surface area is 149 Å². The summed E-state index contributed by atoms with van der Waals surface area (Å²) in [6.07, 6.45) is 0. The number of para-hydroxylation sites is 1. The summed E-state index contributed by atoms with van der Waals surface area (Å²) in [5.74, 6) is 2.33. The predicted octanol–water partition coefficient (Wildman–Crippen LogP) is 3.38. The predicted molar refractivity (Wildman–Crippen MR) is 101 cm³/mol. The molecule has 3 rings (SSSR count). The number of primary sulfonamides is 1. The number of hydrogen-bond acceptors (Lipinski definition) is 6. The highest BCUT2D eigenvalue weighted by molar-refractivity contribution is 8.38. The van der Waals surface area contributed by atoms with E-state index < -0.39 is 10.0 Å². The topological polar surface area (TPSA) is 81.8 Å². The van der Waals surface area contributed by atoms with E-state index in [1.807, 2.05) is 18.2 Å². The molecule has 0 amide bonds. The molecular formula is C16H16N2O3S3. The maximum Gasteiger partial charge on any atom is 0.238 e. The highest BCUT2D eigenvalue weighted by Crippen LogP contribution is 2.34. The van der Waals surface area contributed by atoms with Crippen LogP contribution in [-0.4, -0.2) is 25.2 Å². The molecule has 2 aromatic rings. The SMILES string of the molecule is NS(=O)(=O)c1ccc(OCCSC2=Nc3ccccc3CS2)cc1. The summed E-state index contributed by atoms with van der Waals surface area (Å²) in [6.45, 7) is 0.514. The zero-order valence-corrected chi connectivity index (χ0v) is 15.2. The number of nitrogens with zero attached hydrogens (tertiary/aromatic N) is 1. The Morgan fingerprint density at radius 1 is 1.17 bits per heavy atom. The molecule has 126 valence electrons. The van der Waals surface area contributed by atoms with E-state index in [0.29, 0.717) is 12.4 Å². The maximum atomic E-state index is 11.2. The first-order chi connectivity index (χ1) is 11.5. The van der Waals surface area contributed by atoms with Crippen LogP contribution < -0.4 is 9.88 Å². The van der Waals surface area contributed by atoms with E-state index in [9.17, 15) is 8.42 Å². The third-order valence-corrected chi connectivity index (χ3v) is 6.42. The first kappa shape index (κ1) is 17.3. The number of nitrogens with two attached hydrogens (primary N) is 1. The van der Waals surface area contributed by atoms with Crippen LogP contribution in [0.1, 0.15) is 5.56 Å². The normalized spacial score (nSPS) is 14.0. The van der Waals surface area contributed by atoms with Gasteiger partial charge in [0.25, 0.3) is 0 Å². The van der Waals surface area contributed by atoms with Crippen LogP contribution in [0, 0.1) is 0 Å². The summed E-state index contributed by atoms with van der Waals surface area (Å²) in [4.78, 5) is 4.71. The average Bonchev–Trinajstić information content (AvgIpc) is 2.58. The van der Waals surface area contributed by atoms with Crippen LogP contribution >= 0.6 is 23.5 Å². The molecule has 2 aromatic carbocycles. The number of fused-ring (bicyclic) bond motifs is 1.